The normalized spacial score (nSPS) is 12.4. The fraction of sp³-hybridized carbons (Fsp3) is 0.263. The minimum atomic E-state index is 0.360. The van der Waals surface area contributed by atoms with E-state index in [9.17, 15) is 0 Å². The summed E-state index contributed by atoms with van der Waals surface area (Å²) >= 11 is 5.37. The molecule has 2 heterocycles. The van der Waals surface area contributed by atoms with Crippen molar-refractivity contribution in [1.29, 1.82) is 0 Å². The van der Waals surface area contributed by atoms with E-state index in [1.54, 1.807) is 11.9 Å². The highest BCUT2D eigenvalue weighted by Crippen LogP contribution is 2.32. The van der Waals surface area contributed by atoms with E-state index in [1.165, 1.54) is 15.8 Å². The van der Waals surface area contributed by atoms with Gasteiger partial charge >= 0.3 is 0 Å². The average Bonchev–Trinajstić information content (AvgIpc) is 2.66. The van der Waals surface area contributed by atoms with E-state index in [0.717, 1.165) is 29.4 Å². The van der Waals surface area contributed by atoms with Gasteiger partial charge in [-0.25, -0.2) is 0 Å². The van der Waals surface area contributed by atoms with Gasteiger partial charge in [-0.05, 0) is 71.5 Å². The molecule has 0 amide bonds. The standard InChI is InChI=1S/C19H21BrN4S/c1-14(11-22-9-6-15-3-2-8-21-12-15)24-25-18-5-4-16-13-23-10-7-17(16)19(18)20/h2-5,7-8,10,12-14,22,24H,6,9,11H2,1H3/t14-/m1/s1. The first-order valence-electron chi connectivity index (χ1n) is 8.28. The smallest absolute Gasteiger partial charge is 0.0403 e. The molecule has 3 aromatic rings. The van der Waals surface area contributed by atoms with Gasteiger partial charge in [0.2, 0.25) is 0 Å². The van der Waals surface area contributed by atoms with E-state index in [0.29, 0.717) is 6.04 Å². The van der Waals surface area contributed by atoms with Gasteiger partial charge in [-0.2, -0.15) is 0 Å². The zero-order valence-corrected chi connectivity index (χ0v) is 16.5. The maximum Gasteiger partial charge on any atom is 0.0403 e. The van der Waals surface area contributed by atoms with Gasteiger partial charge in [0.15, 0.2) is 0 Å². The Bertz CT molecular complexity index is 813. The summed E-state index contributed by atoms with van der Waals surface area (Å²) < 4.78 is 4.61. The lowest BCUT2D eigenvalue weighted by atomic mass is 10.2. The molecule has 1 atom stereocenters. The molecule has 0 aliphatic carbocycles. The van der Waals surface area contributed by atoms with Crippen LogP contribution in [-0.4, -0.2) is 29.1 Å². The third-order valence-electron chi connectivity index (χ3n) is 3.85. The third-order valence-corrected chi connectivity index (χ3v) is 6.05. The predicted molar refractivity (Wildman–Crippen MR) is 109 cm³/mol. The van der Waals surface area contributed by atoms with Gasteiger partial charge in [0.1, 0.15) is 0 Å². The Labute approximate surface area is 161 Å². The van der Waals surface area contributed by atoms with Crippen LogP contribution in [0.25, 0.3) is 10.8 Å². The minimum absolute atomic E-state index is 0.360. The number of halogens is 1. The first-order valence-corrected chi connectivity index (χ1v) is 9.89. The van der Waals surface area contributed by atoms with Crippen LogP contribution < -0.4 is 10.0 Å². The Hall–Kier alpha value is -1.47. The largest absolute Gasteiger partial charge is 0.315 e. The monoisotopic (exact) mass is 416 g/mol. The van der Waals surface area contributed by atoms with Gasteiger partial charge < -0.3 is 5.32 Å². The maximum atomic E-state index is 4.17. The molecular formula is C19H21BrN4S. The van der Waals surface area contributed by atoms with E-state index in [1.807, 2.05) is 36.9 Å². The number of hydrogen-bond acceptors (Lipinski definition) is 5. The number of rotatable bonds is 8. The van der Waals surface area contributed by atoms with Gasteiger partial charge in [-0.15, -0.1) is 0 Å². The van der Waals surface area contributed by atoms with Crippen LogP contribution in [0.5, 0.6) is 0 Å². The van der Waals surface area contributed by atoms with Crippen molar-refractivity contribution in [2.45, 2.75) is 24.3 Å². The summed E-state index contributed by atoms with van der Waals surface area (Å²) in [6, 6.07) is 10.7. The van der Waals surface area contributed by atoms with Gasteiger partial charge in [0.25, 0.3) is 0 Å². The molecule has 4 nitrogen and oxygen atoms in total. The van der Waals surface area contributed by atoms with Gasteiger partial charge in [0.05, 0.1) is 0 Å². The summed E-state index contributed by atoms with van der Waals surface area (Å²) in [4.78, 5) is 9.49. The fourth-order valence-electron chi connectivity index (χ4n) is 2.49. The molecule has 0 aliphatic heterocycles. The van der Waals surface area contributed by atoms with Crippen molar-refractivity contribution in [3.8, 4) is 0 Å². The molecule has 0 saturated heterocycles. The Morgan fingerprint density at radius 3 is 2.84 bits per heavy atom. The van der Waals surface area contributed by atoms with E-state index in [-0.39, 0.29) is 0 Å². The average molecular weight is 417 g/mol. The van der Waals surface area contributed by atoms with Crippen LogP contribution in [0.1, 0.15) is 12.5 Å². The summed E-state index contributed by atoms with van der Waals surface area (Å²) in [5, 5.41) is 5.82. The van der Waals surface area contributed by atoms with Crippen molar-refractivity contribution >= 4 is 38.7 Å². The van der Waals surface area contributed by atoms with Crippen LogP contribution in [0.4, 0.5) is 0 Å². The molecule has 0 spiro atoms. The number of aromatic nitrogens is 2. The van der Waals surface area contributed by atoms with E-state index < -0.39 is 0 Å². The van der Waals surface area contributed by atoms with Gasteiger partial charge in [-0.1, -0.05) is 12.1 Å². The first-order chi connectivity index (χ1) is 12.2. The third kappa shape index (κ3) is 5.25. The second-order valence-electron chi connectivity index (χ2n) is 5.91. The molecule has 0 fully saturated rings. The van der Waals surface area contributed by atoms with E-state index in [2.05, 4.69) is 61.1 Å². The topological polar surface area (TPSA) is 49.8 Å². The zero-order valence-electron chi connectivity index (χ0n) is 14.1. The molecule has 0 radical (unpaired) electrons. The van der Waals surface area contributed by atoms with Crippen LogP contribution >= 0.6 is 27.9 Å². The first kappa shape index (κ1) is 18.3. The van der Waals surface area contributed by atoms with Gasteiger partial charge in [0, 0.05) is 57.5 Å². The molecule has 1 aromatic carbocycles. The van der Waals surface area contributed by atoms with Crippen molar-refractivity contribution in [3.63, 3.8) is 0 Å². The van der Waals surface area contributed by atoms with Crippen LogP contribution in [0.2, 0.25) is 0 Å². The molecule has 25 heavy (non-hydrogen) atoms. The molecular weight excluding hydrogens is 396 g/mol. The summed E-state index contributed by atoms with van der Waals surface area (Å²) in [5.74, 6) is 0. The Morgan fingerprint density at radius 2 is 2.00 bits per heavy atom. The quantitative estimate of drug-likeness (QED) is 0.425. The number of nitrogens with zero attached hydrogens (tertiary/aromatic N) is 2. The number of fused-ring (bicyclic) bond motifs is 1. The summed E-state index contributed by atoms with van der Waals surface area (Å²) in [6.07, 6.45) is 8.44. The molecule has 3 rings (SSSR count). The highest BCUT2D eigenvalue weighted by Gasteiger charge is 2.08. The van der Waals surface area contributed by atoms with Crippen molar-refractivity contribution in [3.05, 3.63) is 65.2 Å². The second-order valence-corrected chi connectivity index (χ2v) is 7.58. The van der Waals surface area contributed by atoms with E-state index >= 15 is 0 Å². The highest BCUT2D eigenvalue weighted by atomic mass is 79.9. The van der Waals surface area contributed by atoms with Gasteiger partial charge in [-0.3, -0.25) is 14.7 Å². The summed E-state index contributed by atoms with van der Waals surface area (Å²) in [7, 11) is 0. The lowest BCUT2D eigenvalue weighted by molar-refractivity contribution is 0.586. The molecule has 0 aliphatic rings. The van der Waals surface area contributed by atoms with Crippen LogP contribution in [-0.2, 0) is 6.42 Å². The van der Waals surface area contributed by atoms with Crippen molar-refractivity contribution < 1.29 is 0 Å². The summed E-state index contributed by atoms with van der Waals surface area (Å²) in [6.45, 7) is 4.06. The molecule has 0 saturated carbocycles. The maximum absolute atomic E-state index is 4.17. The SMILES string of the molecule is C[C@H](CNCCc1cccnc1)NSc1ccc2cnccc2c1Br. The van der Waals surface area contributed by atoms with Crippen LogP contribution in [0.15, 0.2) is 64.5 Å². The van der Waals surface area contributed by atoms with E-state index in [4.69, 9.17) is 0 Å². The Kier molecular flexibility index (Phi) is 6.81. The highest BCUT2D eigenvalue weighted by molar-refractivity contribution is 9.10. The molecule has 2 aromatic heterocycles. The lowest BCUT2D eigenvalue weighted by Gasteiger charge is -2.15. The zero-order chi connectivity index (χ0) is 17.5. The van der Waals surface area contributed by atoms with Crippen molar-refractivity contribution in [2.75, 3.05) is 13.1 Å². The molecule has 0 unspecified atom stereocenters. The van der Waals surface area contributed by atoms with Crippen LogP contribution in [0, 0.1) is 0 Å². The molecule has 2 N–H and O–H groups in total. The summed E-state index contributed by atoms with van der Waals surface area (Å²) in [5.41, 5.74) is 1.26. The fourth-order valence-corrected chi connectivity index (χ4v) is 3.98. The number of nitrogens with one attached hydrogen (secondary N) is 2. The molecule has 0 bridgehead atoms. The second kappa shape index (κ2) is 9.29. The number of benzene rings is 1. The van der Waals surface area contributed by atoms with Crippen molar-refractivity contribution in [1.82, 2.24) is 20.0 Å². The lowest BCUT2D eigenvalue weighted by Crippen LogP contribution is -2.33. The minimum Gasteiger partial charge on any atom is -0.315 e. The Balaban J connectivity index is 1.44. The van der Waals surface area contributed by atoms with Crippen LogP contribution in [0.3, 0.4) is 0 Å². The molecule has 6 heteroatoms. The number of pyridine rings is 2. The number of hydrogen-bond donors (Lipinski definition) is 2. The Morgan fingerprint density at radius 1 is 1.12 bits per heavy atom. The predicted octanol–water partition coefficient (Wildman–Crippen LogP) is 4.21. The molecule has 130 valence electrons. The van der Waals surface area contributed by atoms with Crippen molar-refractivity contribution in [2.24, 2.45) is 0 Å².